The molecule has 0 radical (unpaired) electrons. The van der Waals surface area contributed by atoms with Crippen molar-refractivity contribution in [3.05, 3.63) is 72.8 Å². The van der Waals surface area contributed by atoms with E-state index in [0.717, 1.165) is 31.4 Å². The summed E-state index contributed by atoms with van der Waals surface area (Å²) < 4.78 is 64.8. The van der Waals surface area contributed by atoms with Gasteiger partial charge < -0.3 is 20.7 Å². The normalized spacial score (nSPS) is 14.3. The van der Waals surface area contributed by atoms with Gasteiger partial charge in [-0.15, -0.1) is 10.2 Å². The number of azo groups is 1. The number of nitrogens with two attached hydrogens (primary N) is 1. The van der Waals surface area contributed by atoms with Crippen LogP contribution in [0.15, 0.2) is 92.8 Å². The molecule has 1 aliphatic carbocycles. The van der Waals surface area contributed by atoms with E-state index in [2.05, 4.69) is 15.5 Å². The Morgan fingerprint density at radius 3 is 2.27 bits per heavy atom. The fraction of sp³-hybridized carbons (Fsp3) is 0.233. The molecule has 4 N–H and O–H groups in total. The molecule has 0 atom stereocenters. The van der Waals surface area contributed by atoms with Gasteiger partial charge in [0.25, 0.3) is 10.0 Å². The van der Waals surface area contributed by atoms with Crippen molar-refractivity contribution in [3.8, 4) is 5.75 Å². The number of benzene rings is 4. The van der Waals surface area contributed by atoms with Crippen LogP contribution < -0.4 is 44.9 Å². The van der Waals surface area contributed by atoms with E-state index in [0.29, 0.717) is 24.2 Å². The standard InChI is InChI=1S/C30H31N5O7S2.Na/c1-19(36)32-21-12-14-23(15-13-21)35(22-7-3-2-4-8-22)43(38,39)28-10-6-5-9-26(28)33-34-30-25(31)16-11-20-17-24(44(40,41)42)18-27(37)29(20)30;/h5-6,9-18,22,37H,2-4,7-8,31H2,1H3,(H,32,36)(H,40,41,42);/q;+1/p-1. The van der Waals surface area contributed by atoms with Crippen LogP contribution in [0.1, 0.15) is 39.0 Å². The van der Waals surface area contributed by atoms with Crippen LogP contribution >= 0.6 is 0 Å². The fourth-order valence-corrected chi connectivity index (χ4v) is 7.76. The van der Waals surface area contributed by atoms with Gasteiger partial charge in [-0.3, -0.25) is 9.10 Å². The first-order valence-corrected chi connectivity index (χ1v) is 16.6. The zero-order chi connectivity index (χ0) is 31.6. The molecule has 1 fully saturated rings. The van der Waals surface area contributed by atoms with Gasteiger partial charge in [-0.2, -0.15) is 0 Å². The van der Waals surface area contributed by atoms with Gasteiger partial charge in [-0.25, -0.2) is 16.8 Å². The van der Waals surface area contributed by atoms with E-state index < -0.39 is 30.8 Å². The summed E-state index contributed by atoms with van der Waals surface area (Å²) in [5, 5.41) is 22.0. The largest absolute Gasteiger partial charge is 1.00 e. The number of hydrogen-bond donors (Lipinski definition) is 3. The van der Waals surface area contributed by atoms with Gasteiger partial charge in [0.15, 0.2) is 0 Å². The smallest absolute Gasteiger partial charge is 0.744 e. The molecule has 1 saturated carbocycles. The summed E-state index contributed by atoms with van der Waals surface area (Å²) in [5.41, 5.74) is 7.17. The number of carbonyl (C=O) groups excluding carboxylic acids is 1. The molecule has 0 spiro atoms. The Hall–Kier alpha value is -3.53. The summed E-state index contributed by atoms with van der Waals surface area (Å²) in [7, 11) is -9.05. The third-order valence-electron chi connectivity index (χ3n) is 7.37. The van der Waals surface area contributed by atoms with Crippen LogP contribution in [0.5, 0.6) is 5.75 Å². The van der Waals surface area contributed by atoms with Gasteiger partial charge >= 0.3 is 29.6 Å². The van der Waals surface area contributed by atoms with Gasteiger partial charge in [0.2, 0.25) is 5.91 Å². The molecule has 45 heavy (non-hydrogen) atoms. The topological polar surface area (TPSA) is 195 Å². The number of phenolic OH excluding ortho intramolecular Hbond substituents is 1. The first-order chi connectivity index (χ1) is 20.9. The number of fused-ring (bicyclic) bond motifs is 1. The number of nitrogens with zero attached hydrogens (tertiary/aromatic N) is 3. The maximum absolute atomic E-state index is 14.4. The summed E-state index contributed by atoms with van der Waals surface area (Å²) in [5.74, 6) is -0.796. The second kappa shape index (κ2) is 13.8. The number of nitrogens with one attached hydrogen (secondary N) is 1. The predicted molar refractivity (Wildman–Crippen MR) is 166 cm³/mol. The molecule has 0 saturated heterocycles. The van der Waals surface area contributed by atoms with Crippen molar-refractivity contribution in [2.45, 2.75) is 54.9 Å². The number of nitrogen functional groups attached to an aromatic ring is 1. The molecular formula is C30H30N5NaO7S2. The molecule has 0 heterocycles. The molecule has 0 aromatic heterocycles. The molecule has 5 rings (SSSR count). The van der Waals surface area contributed by atoms with Gasteiger partial charge in [0.1, 0.15) is 32.1 Å². The van der Waals surface area contributed by atoms with Gasteiger partial charge in [0, 0.05) is 18.7 Å². The van der Waals surface area contributed by atoms with Crippen LogP contribution in [0.25, 0.3) is 10.8 Å². The number of phenols is 1. The maximum Gasteiger partial charge on any atom is 1.00 e. The summed E-state index contributed by atoms with van der Waals surface area (Å²) in [6.45, 7) is 1.39. The number of amides is 1. The number of anilines is 3. The van der Waals surface area contributed by atoms with E-state index in [1.807, 2.05) is 0 Å². The molecule has 1 aliphatic rings. The van der Waals surface area contributed by atoms with Gasteiger partial charge in [0.05, 0.1) is 21.7 Å². The van der Waals surface area contributed by atoms with Crippen LogP contribution in [0.3, 0.4) is 0 Å². The van der Waals surface area contributed by atoms with Crippen LogP contribution in [0.2, 0.25) is 0 Å². The van der Waals surface area contributed by atoms with Crippen LogP contribution in [-0.4, -0.2) is 38.4 Å². The summed E-state index contributed by atoms with van der Waals surface area (Å²) in [6.07, 6.45) is 4.10. The fourth-order valence-electron chi connectivity index (χ4n) is 5.39. The molecule has 0 aliphatic heterocycles. The molecule has 0 unspecified atom stereocenters. The summed E-state index contributed by atoms with van der Waals surface area (Å²) in [4.78, 5) is 10.8. The number of hydrogen-bond acceptors (Lipinski definition) is 10. The SMILES string of the molecule is CC(=O)Nc1ccc(N(C2CCCCC2)S(=O)(=O)c2ccccc2N=Nc2c(N)ccc3cc(S(=O)(=O)[O-])cc(O)c23)cc1.[Na+]. The first kappa shape index (κ1) is 34.3. The Morgan fingerprint density at radius 2 is 1.62 bits per heavy atom. The van der Waals surface area contributed by atoms with E-state index in [9.17, 15) is 31.3 Å². The first-order valence-electron chi connectivity index (χ1n) is 13.8. The van der Waals surface area contributed by atoms with E-state index in [1.165, 1.54) is 35.5 Å². The van der Waals surface area contributed by atoms with E-state index >= 15 is 0 Å². The van der Waals surface area contributed by atoms with Crippen LogP contribution in [0, 0.1) is 0 Å². The second-order valence-electron chi connectivity index (χ2n) is 10.5. The third kappa shape index (κ3) is 7.48. The average molecular weight is 660 g/mol. The van der Waals surface area contributed by atoms with Crippen molar-refractivity contribution >= 4 is 65.3 Å². The Morgan fingerprint density at radius 1 is 0.956 bits per heavy atom. The molecule has 4 aromatic carbocycles. The maximum atomic E-state index is 14.4. The van der Waals surface area contributed by atoms with Crippen LogP contribution in [0.4, 0.5) is 28.4 Å². The number of aromatic hydroxyl groups is 1. The predicted octanol–water partition coefficient (Wildman–Crippen LogP) is 2.94. The van der Waals surface area contributed by atoms with Crippen molar-refractivity contribution < 1.29 is 60.8 Å². The van der Waals surface area contributed by atoms with Gasteiger partial charge in [-0.1, -0.05) is 37.5 Å². The average Bonchev–Trinajstić information content (AvgIpc) is 2.97. The van der Waals surface area contributed by atoms with Crippen molar-refractivity contribution in [1.82, 2.24) is 0 Å². The third-order valence-corrected chi connectivity index (χ3v) is 10.1. The van der Waals surface area contributed by atoms with E-state index in [1.54, 1.807) is 36.4 Å². The zero-order valence-corrected chi connectivity index (χ0v) is 28.3. The van der Waals surface area contributed by atoms with Crippen molar-refractivity contribution in [2.75, 3.05) is 15.4 Å². The monoisotopic (exact) mass is 659 g/mol. The Balaban J connectivity index is 0.00000461. The molecule has 4 aromatic rings. The number of sulfonamides is 1. The minimum absolute atomic E-state index is 0. The van der Waals surface area contributed by atoms with Gasteiger partial charge in [-0.05, 0) is 72.8 Å². The quantitative estimate of drug-likeness (QED) is 0.111. The second-order valence-corrected chi connectivity index (χ2v) is 13.6. The number of carbonyl (C=O) groups is 1. The number of rotatable bonds is 8. The van der Waals surface area contributed by atoms with Crippen LogP contribution in [-0.2, 0) is 24.9 Å². The Labute approximate surface area is 283 Å². The van der Waals surface area contributed by atoms with Crippen molar-refractivity contribution in [1.29, 1.82) is 0 Å². The van der Waals surface area contributed by atoms with E-state index in [-0.39, 0.29) is 74.2 Å². The minimum Gasteiger partial charge on any atom is -0.744 e. The molecule has 15 heteroatoms. The molecule has 12 nitrogen and oxygen atoms in total. The summed E-state index contributed by atoms with van der Waals surface area (Å²) >= 11 is 0. The molecular weight excluding hydrogens is 629 g/mol. The molecule has 230 valence electrons. The minimum atomic E-state index is -4.85. The van der Waals surface area contributed by atoms with Crippen molar-refractivity contribution in [3.63, 3.8) is 0 Å². The molecule has 0 bridgehead atoms. The summed E-state index contributed by atoms with van der Waals surface area (Å²) in [6, 6.07) is 17.1. The van der Waals surface area contributed by atoms with E-state index in [4.69, 9.17) is 5.73 Å². The Kier molecular flexibility index (Phi) is 10.6. The zero-order valence-electron chi connectivity index (χ0n) is 24.7. The van der Waals surface area contributed by atoms with Crippen molar-refractivity contribution in [2.24, 2.45) is 10.2 Å². The Bertz CT molecular complexity index is 1980. The molecule has 1 amide bonds.